The summed E-state index contributed by atoms with van der Waals surface area (Å²) in [7, 11) is 5.22. The van der Waals surface area contributed by atoms with Gasteiger partial charge in [-0.3, -0.25) is 9.69 Å². The van der Waals surface area contributed by atoms with Crippen LogP contribution in [0.1, 0.15) is 30.0 Å². The Kier molecular flexibility index (Phi) is 7.38. The number of nitrogens with zero attached hydrogens (tertiary/aromatic N) is 5. The minimum atomic E-state index is -0.122. The molecule has 1 amide bonds. The number of hydrogen-bond donors (Lipinski definition) is 3. The van der Waals surface area contributed by atoms with E-state index in [1.807, 2.05) is 54.5 Å². The highest BCUT2D eigenvalue weighted by atomic mass is 35.5. The first kappa shape index (κ1) is 26.9. The van der Waals surface area contributed by atoms with E-state index in [1.165, 1.54) is 0 Å². The fourth-order valence-electron chi connectivity index (χ4n) is 5.10. The van der Waals surface area contributed by atoms with Gasteiger partial charge in [0.25, 0.3) is 0 Å². The Morgan fingerprint density at radius 2 is 2.00 bits per heavy atom. The lowest BCUT2D eigenvalue weighted by Gasteiger charge is -2.24. The summed E-state index contributed by atoms with van der Waals surface area (Å²) in [5.41, 5.74) is 4.27. The summed E-state index contributed by atoms with van der Waals surface area (Å²) in [6.45, 7) is 0.981. The number of benzene rings is 2. The van der Waals surface area contributed by atoms with E-state index in [2.05, 4.69) is 26.0 Å². The van der Waals surface area contributed by atoms with Gasteiger partial charge in [0.2, 0.25) is 11.9 Å². The maximum atomic E-state index is 12.4. The first-order valence-electron chi connectivity index (χ1n) is 13.3. The molecule has 41 heavy (non-hydrogen) atoms. The van der Waals surface area contributed by atoms with Crippen molar-refractivity contribution < 1.29 is 14.3 Å². The fourth-order valence-corrected chi connectivity index (χ4v) is 5.24. The standard InChI is InChI=1S/C29H31ClN8O3/c1-37-15-18-11-25(41-3)20(13-23(18)33-26(39)16-37)27(17-5-6-17)35-29-31-14-21(30)28(36-29)34-22-8-7-19(40-2)12-24(22)38-10-4-9-32-38/h4,7-14,17,27H,5-6,15-16H2,1-3H3,(H,33,39)(H2,31,34,35,36). The topological polar surface area (TPSA) is 118 Å². The van der Waals surface area contributed by atoms with Crippen LogP contribution in [0, 0.1) is 5.92 Å². The molecular formula is C29H31ClN8O3. The van der Waals surface area contributed by atoms with E-state index in [0.717, 1.165) is 46.8 Å². The van der Waals surface area contributed by atoms with E-state index in [4.69, 9.17) is 26.1 Å². The Morgan fingerprint density at radius 1 is 1.15 bits per heavy atom. The lowest BCUT2D eigenvalue weighted by Crippen LogP contribution is -2.26. The van der Waals surface area contributed by atoms with Crippen LogP contribution in [0.25, 0.3) is 5.69 Å². The predicted octanol–water partition coefficient (Wildman–Crippen LogP) is 5.02. The first-order valence-corrected chi connectivity index (χ1v) is 13.7. The number of rotatable bonds is 9. The van der Waals surface area contributed by atoms with Crippen LogP contribution in [0.4, 0.5) is 23.1 Å². The molecule has 1 saturated carbocycles. The third-order valence-electron chi connectivity index (χ3n) is 7.25. The number of hydrogen-bond acceptors (Lipinski definition) is 9. The Labute approximate surface area is 242 Å². The second-order valence-electron chi connectivity index (χ2n) is 10.3. The Bertz CT molecular complexity index is 1570. The normalized spacial score (nSPS) is 15.9. The molecule has 0 radical (unpaired) electrons. The molecule has 0 saturated heterocycles. The summed E-state index contributed by atoms with van der Waals surface area (Å²) in [5.74, 6) is 2.65. The number of anilines is 4. The lowest BCUT2D eigenvalue weighted by molar-refractivity contribution is -0.116. The van der Waals surface area contributed by atoms with Crippen molar-refractivity contribution in [3.05, 3.63) is 71.1 Å². The average molecular weight is 575 g/mol. The summed E-state index contributed by atoms with van der Waals surface area (Å²) in [5, 5.41) is 14.7. The molecule has 0 spiro atoms. The average Bonchev–Trinajstić information content (AvgIpc) is 3.69. The highest BCUT2D eigenvalue weighted by molar-refractivity contribution is 6.33. The number of fused-ring (bicyclic) bond motifs is 1. The van der Waals surface area contributed by atoms with E-state index < -0.39 is 0 Å². The summed E-state index contributed by atoms with van der Waals surface area (Å²) in [4.78, 5) is 23.6. The van der Waals surface area contributed by atoms with Crippen LogP contribution in [-0.2, 0) is 11.3 Å². The van der Waals surface area contributed by atoms with Gasteiger partial charge in [-0.15, -0.1) is 0 Å². The molecule has 0 bridgehead atoms. The number of methoxy groups -OCH3 is 2. The van der Waals surface area contributed by atoms with Gasteiger partial charge in [0, 0.05) is 36.3 Å². The second kappa shape index (κ2) is 11.3. The van der Waals surface area contributed by atoms with E-state index in [1.54, 1.807) is 31.3 Å². The quantitative estimate of drug-likeness (QED) is 0.253. The molecule has 2 aromatic carbocycles. The third-order valence-corrected chi connectivity index (χ3v) is 7.53. The molecule has 1 unspecified atom stereocenters. The maximum Gasteiger partial charge on any atom is 0.238 e. The van der Waals surface area contributed by atoms with E-state index in [9.17, 15) is 4.79 Å². The molecule has 12 heteroatoms. The molecule has 11 nitrogen and oxygen atoms in total. The van der Waals surface area contributed by atoms with Crippen molar-refractivity contribution >= 4 is 40.6 Å². The number of likely N-dealkylation sites (N-methyl/N-ethyl adjacent to an activating group) is 1. The van der Waals surface area contributed by atoms with Crippen molar-refractivity contribution in [1.82, 2.24) is 24.6 Å². The van der Waals surface area contributed by atoms with Gasteiger partial charge in [0.15, 0.2) is 5.82 Å². The molecule has 1 fully saturated rings. The predicted molar refractivity (Wildman–Crippen MR) is 157 cm³/mol. The van der Waals surface area contributed by atoms with Crippen molar-refractivity contribution in [2.45, 2.75) is 25.4 Å². The number of ether oxygens (including phenoxy) is 2. The summed E-state index contributed by atoms with van der Waals surface area (Å²) < 4.78 is 13.0. The number of nitrogens with one attached hydrogen (secondary N) is 3. The van der Waals surface area contributed by atoms with Crippen molar-refractivity contribution in [3.63, 3.8) is 0 Å². The number of carbonyl (C=O) groups excluding carboxylic acids is 1. The van der Waals surface area contributed by atoms with Gasteiger partial charge in [-0.05, 0) is 61.7 Å². The van der Waals surface area contributed by atoms with Gasteiger partial charge in [0.05, 0.1) is 44.4 Å². The van der Waals surface area contributed by atoms with Crippen LogP contribution in [0.5, 0.6) is 11.5 Å². The molecule has 6 rings (SSSR count). The Balaban J connectivity index is 1.32. The van der Waals surface area contributed by atoms with Crippen molar-refractivity contribution in [1.29, 1.82) is 0 Å². The van der Waals surface area contributed by atoms with Crippen molar-refractivity contribution in [2.24, 2.45) is 5.92 Å². The second-order valence-corrected chi connectivity index (χ2v) is 10.7. The van der Waals surface area contributed by atoms with Crippen LogP contribution in [0.15, 0.2) is 55.0 Å². The number of halogens is 1. The summed E-state index contributed by atoms with van der Waals surface area (Å²) in [6, 6.07) is 11.4. The zero-order chi connectivity index (χ0) is 28.5. The van der Waals surface area contributed by atoms with Crippen LogP contribution < -0.4 is 25.4 Å². The summed E-state index contributed by atoms with van der Waals surface area (Å²) in [6.07, 6.45) is 7.25. The minimum absolute atomic E-state index is 0.0388. The SMILES string of the molecule is COc1ccc(Nc2nc(NC(c3cc4c(cc3OC)CN(C)CC(=O)N4)C3CC3)ncc2Cl)c(-n2cccn2)c1. The van der Waals surface area contributed by atoms with Crippen LogP contribution in [-0.4, -0.2) is 58.4 Å². The largest absolute Gasteiger partial charge is 0.497 e. The number of aromatic nitrogens is 4. The number of carbonyl (C=O) groups is 1. The van der Waals surface area contributed by atoms with Crippen LogP contribution in [0.2, 0.25) is 5.02 Å². The van der Waals surface area contributed by atoms with Gasteiger partial charge in [-0.25, -0.2) is 9.67 Å². The molecule has 3 N–H and O–H groups in total. The molecule has 3 heterocycles. The zero-order valence-corrected chi connectivity index (χ0v) is 23.8. The molecule has 1 aliphatic heterocycles. The number of amides is 1. The smallest absolute Gasteiger partial charge is 0.238 e. The van der Waals surface area contributed by atoms with Gasteiger partial charge in [-0.2, -0.15) is 10.1 Å². The third kappa shape index (κ3) is 5.77. The maximum absolute atomic E-state index is 12.4. The first-order chi connectivity index (χ1) is 19.9. The van der Waals surface area contributed by atoms with Crippen molar-refractivity contribution in [3.8, 4) is 17.2 Å². The fraction of sp³-hybridized carbons (Fsp3) is 0.310. The molecule has 1 atom stereocenters. The van der Waals surface area contributed by atoms with Crippen molar-refractivity contribution in [2.75, 3.05) is 43.8 Å². The van der Waals surface area contributed by atoms with Gasteiger partial charge in [0.1, 0.15) is 16.5 Å². The molecule has 1 aliphatic carbocycles. The van der Waals surface area contributed by atoms with Gasteiger partial charge < -0.3 is 25.4 Å². The highest BCUT2D eigenvalue weighted by Crippen LogP contribution is 2.46. The molecule has 2 aromatic heterocycles. The Hall–Kier alpha value is -4.35. The van der Waals surface area contributed by atoms with Gasteiger partial charge in [-0.1, -0.05) is 11.6 Å². The monoisotopic (exact) mass is 574 g/mol. The molecule has 212 valence electrons. The minimum Gasteiger partial charge on any atom is -0.497 e. The Morgan fingerprint density at radius 3 is 2.73 bits per heavy atom. The molecular weight excluding hydrogens is 544 g/mol. The van der Waals surface area contributed by atoms with Gasteiger partial charge >= 0.3 is 0 Å². The van der Waals surface area contributed by atoms with E-state index in [-0.39, 0.29) is 11.9 Å². The molecule has 2 aliphatic rings. The van der Waals surface area contributed by atoms with Crippen LogP contribution >= 0.6 is 11.6 Å². The van der Waals surface area contributed by atoms with E-state index >= 15 is 0 Å². The summed E-state index contributed by atoms with van der Waals surface area (Å²) >= 11 is 6.55. The molecule has 4 aromatic rings. The highest BCUT2D eigenvalue weighted by Gasteiger charge is 2.35. The lowest BCUT2D eigenvalue weighted by atomic mass is 9.98. The van der Waals surface area contributed by atoms with Crippen LogP contribution in [0.3, 0.4) is 0 Å². The van der Waals surface area contributed by atoms with E-state index in [0.29, 0.717) is 41.5 Å². The zero-order valence-electron chi connectivity index (χ0n) is 23.0.